The highest BCUT2D eigenvalue weighted by atomic mass is 127. The molecule has 0 amide bonds. The van der Waals surface area contributed by atoms with E-state index in [1.807, 2.05) is 17.9 Å². The second-order valence-electron chi connectivity index (χ2n) is 10.3. The minimum atomic E-state index is -2.08. The quantitative estimate of drug-likeness (QED) is 0.104. The molecule has 5 nitrogen and oxygen atoms in total. The van der Waals surface area contributed by atoms with Crippen molar-refractivity contribution in [1.82, 2.24) is 0 Å². The lowest BCUT2D eigenvalue weighted by Crippen LogP contribution is -2.49. The summed E-state index contributed by atoms with van der Waals surface area (Å²) in [5, 5.41) is 0.0712. The Morgan fingerprint density at radius 2 is 1.91 bits per heavy atom. The van der Waals surface area contributed by atoms with Crippen LogP contribution in [0, 0.1) is 5.92 Å². The number of methoxy groups -OCH3 is 1. The fourth-order valence-electron chi connectivity index (χ4n) is 3.81. The van der Waals surface area contributed by atoms with Gasteiger partial charge in [-0.3, -0.25) is 9.59 Å². The van der Waals surface area contributed by atoms with Gasteiger partial charge >= 0.3 is 11.9 Å². The van der Waals surface area contributed by atoms with E-state index in [0.29, 0.717) is 12.8 Å². The van der Waals surface area contributed by atoms with Gasteiger partial charge in [0.2, 0.25) is 0 Å². The van der Waals surface area contributed by atoms with Gasteiger partial charge in [-0.05, 0) is 60.4 Å². The normalized spacial score (nSPS) is 20.7. The number of halogens is 1. The zero-order chi connectivity index (χ0) is 24.6. The van der Waals surface area contributed by atoms with E-state index in [9.17, 15) is 9.59 Å². The molecule has 2 atom stereocenters. The molecule has 0 aromatic heterocycles. The summed E-state index contributed by atoms with van der Waals surface area (Å²) in [6.07, 6.45) is 8.23. The second kappa shape index (κ2) is 12.7. The van der Waals surface area contributed by atoms with E-state index < -0.39 is 13.9 Å². The Bertz CT molecular complexity index is 708. The van der Waals surface area contributed by atoms with Gasteiger partial charge < -0.3 is 13.9 Å². The van der Waals surface area contributed by atoms with Gasteiger partial charge in [0, 0.05) is 18.4 Å². The molecule has 0 radical (unpaired) electrons. The summed E-state index contributed by atoms with van der Waals surface area (Å²) < 4.78 is 19.8. The number of rotatable bonds is 12. The number of carbonyl (C=O) groups excluding carboxylic acids is 2. The van der Waals surface area contributed by atoms with Gasteiger partial charge in [-0.1, -0.05) is 63.6 Å². The minimum Gasteiger partial charge on any atom is -0.469 e. The Hall–Kier alpha value is -0.673. The number of ether oxygens (including phenoxy) is 2. The molecule has 0 saturated carbocycles. The summed E-state index contributed by atoms with van der Waals surface area (Å²) in [5.41, 5.74) is 0.574. The zero-order valence-electron chi connectivity index (χ0n) is 21.3. The summed E-state index contributed by atoms with van der Waals surface area (Å²) in [5.74, 6) is 0.350. The summed E-state index contributed by atoms with van der Waals surface area (Å²) in [7, 11) is -0.649. The Balaban J connectivity index is 3.18. The lowest BCUT2D eigenvalue weighted by molar-refractivity contribution is -0.145. The third-order valence-electron chi connectivity index (χ3n) is 6.76. The molecule has 1 aliphatic carbocycles. The SMILES string of the molecule is CCCC(=O)OC1=C(CCCCC(C)C(=O)OC)C(/C=C/I)(O[Si](C)(C)C(C)(C)C)CC1. The molecule has 0 aromatic rings. The van der Waals surface area contributed by atoms with Crippen LogP contribution in [0.5, 0.6) is 0 Å². The molecule has 2 unspecified atom stereocenters. The maximum atomic E-state index is 12.3. The lowest BCUT2D eigenvalue weighted by atomic mass is 9.91. The van der Waals surface area contributed by atoms with E-state index in [4.69, 9.17) is 13.9 Å². The average molecular weight is 579 g/mol. The minimum absolute atomic E-state index is 0.0712. The van der Waals surface area contributed by atoms with Gasteiger partial charge in [0.15, 0.2) is 8.32 Å². The molecule has 1 aliphatic rings. The highest BCUT2D eigenvalue weighted by molar-refractivity contribution is 14.1. The standard InChI is InChI=1S/C25H43IO5Si/c1-9-12-22(27)30-21-15-16-25(17-18-26,31-32(7,8)24(3,4)5)20(21)14-11-10-13-19(2)23(28)29-6/h17-19H,9-16H2,1-8H3/b18-17+. The van der Waals surface area contributed by atoms with Crippen molar-refractivity contribution >= 4 is 42.8 Å². The maximum absolute atomic E-state index is 12.3. The Morgan fingerprint density at radius 3 is 2.44 bits per heavy atom. The predicted molar refractivity (Wildman–Crippen MR) is 141 cm³/mol. The molecule has 0 saturated heterocycles. The molecular weight excluding hydrogens is 535 g/mol. The Labute approximate surface area is 210 Å². The summed E-state index contributed by atoms with van der Waals surface area (Å²) in [6.45, 7) is 15.2. The average Bonchev–Trinajstić information content (AvgIpc) is 3.00. The molecule has 0 fully saturated rings. The lowest BCUT2D eigenvalue weighted by Gasteiger charge is -2.44. The van der Waals surface area contributed by atoms with Gasteiger partial charge in [-0.25, -0.2) is 0 Å². The van der Waals surface area contributed by atoms with Crippen molar-refractivity contribution in [3.8, 4) is 0 Å². The summed E-state index contributed by atoms with van der Waals surface area (Å²) >= 11 is 2.25. The molecule has 0 N–H and O–H groups in total. The number of hydrogen-bond donors (Lipinski definition) is 0. The zero-order valence-corrected chi connectivity index (χ0v) is 24.5. The molecule has 184 valence electrons. The number of hydrogen-bond acceptors (Lipinski definition) is 5. The third-order valence-corrected chi connectivity index (χ3v) is 11.6. The molecule has 0 spiro atoms. The predicted octanol–water partition coefficient (Wildman–Crippen LogP) is 7.46. The molecule has 32 heavy (non-hydrogen) atoms. The van der Waals surface area contributed by atoms with Crippen LogP contribution in [0.3, 0.4) is 0 Å². The van der Waals surface area contributed by atoms with Crippen molar-refractivity contribution in [1.29, 1.82) is 0 Å². The molecular formula is C25H43IO5Si. The topological polar surface area (TPSA) is 61.8 Å². The van der Waals surface area contributed by atoms with Gasteiger partial charge in [0.05, 0.1) is 13.0 Å². The van der Waals surface area contributed by atoms with Crippen molar-refractivity contribution in [2.24, 2.45) is 5.92 Å². The molecule has 1 rings (SSSR count). The molecule has 0 aromatic carbocycles. The van der Waals surface area contributed by atoms with Crippen molar-refractivity contribution in [2.75, 3.05) is 7.11 Å². The third kappa shape index (κ3) is 7.97. The fourth-order valence-corrected chi connectivity index (χ4v) is 5.90. The van der Waals surface area contributed by atoms with E-state index >= 15 is 0 Å². The number of esters is 2. The Morgan fingerprint density at radius 1 is 1.25 bits per heavy atom. The van der Waals surface area contributed by atoms with E-state index in [1.165, 1.54) is 7.11 Å². The van der Waals surface area contributed by atoms with Crippen LogP contribution >= 0.6 is 22.6 Å². The first kappa shape index (κ1) is 29.4. The molecule has 0 aliphatic heterocycles. The monoisotopic (exact) mass is 578 g/mol. The number of allylic oxidation sites excluding steroid dienone is 1. The second-order valence-corrected chi connectivity index (χ2v) is 15.8. The van der Waals surface area contributed by atoms with Crippen molar-refractivity contribution < 1.29 is 23.5 Å². The van der Waals surface area contributed by atoms with Gasteiger partial charge in [0.1, 0.15) is 11.4 Å². The van der Waals surface area contributed by atoms with E-state index in [1.54, 1.807) is 0 Å². The first-order valence-corrected chi connectivity index (χ1v) is 16.0. The molecule has 0 bridgehead atoms. The highest BCUT2D eigenvalue weighted by Gasteiger charge is 2.48. The van der Waals surface area contributed by atoms with Crippen molar-refractivity contribution in [3.05, 3.63) is 21.5 Å². The Kier molecular flexibility index (Phi) is 11.6. The molecule has 7 heteroatoms. The smallest absolute Gasteiger partial charge is 0.310 e. The molecule has 0 heterocycles. The number of carbonyl (C=O) groups is 2. The van der Waals surface area contributed by atoms with E-state index in [2.05, 4.69) is 62.5 Å². The maximum Gasteiger partial charge on any atom is 0.310 e. The fraction of sp³-hybridized carbons (Fsp3) is 0.760. The van der Waals surface area contributed by atoms with Gasteiger partial charge in [0.25, 0.3) is 0 Å². The highest BCUT2D eigenvalue weighted by Crippen LogP contribution is 2.48. The largest absolute Gasteiger partial charge is 0.469 e. The van der Waals surface area contributed by atoms with Crippen LogP contribution in [-0.2, 0) is 23.5 Å². The van der Waals surface area contributed by atoms with Crippen LogP contribution in [0.4, 0.5) is 0 Å². The van der Waals surface area contributed by atoms with Crippen LogP contribution in [0.25, 0.3) is 0 Å². The van der Waals surface area contributed by atoms with Crippen molar-refractivity contribution in [2.45, 2.75) is 110 Å². The van der Waals surface area contributed by atoms with Gasteiger partial charge in [-0.15, -0.1) is 0 Å². The number of unbranched alkanes of at least 4 members (excludes halogenated alkanes) is 1. The van der Waals surface area contributed by atoms with Crippen LogP contribution in [0.15, 0.2) is 21.5 Å². The van der Waals surface area contributed by atoms with Crippen molar-refractivity contribution in [3.63, 3.8) is 0 Å². The van der Waals surface area contributed by atoms with Gasteiger partial charge in [-0.2, -0.15) is 0 Å². The summed E-state index contributed by atoms with van der Waals surface area (Å²) in [4.78, 5) is 24.0. The van der Waals surface area contributed by atoms with Crippen LogP contribution in [0.2, 0.25) is 18.1 Å². The first-order chi connectivity index (χ1) is 14.8. The van der Waals surface area contributed by atoms with Crippen LogP contribution < -0.4 is 0 Å². The first-order valence-electron chi connectivity index (χ1n) is 11.8. The van der Waals surface area contributed by atoms with Crippen LogP contribution in [-0.4, -0.2) is 33.0 Å². The summed E-state index contributed by atoms with van der Waals surface area (Å²) in [6, 6.07) is 0. The van der Waals surface area contributed by atoms with Crippen LogP contribution in [0.1, 0.15) is 86.0 Å². The van der Waals surface area contributed by atoms with E-state index in [-0.39, 0.29) is 22.9 Å². The van der Waals surface area contributed by atoms with E-state index in [0.717, 1.165) is 49.9 Å².